The normalized spacial score (nSPS) is 7.94. The molecule has 0 unspecified atom stereocenters. The van der Waals surface area contributed by atoms with E-state index in [0.717, 1.165) is 0 Å². The molecule has 0 aromatic heterocycles. The lowest BCUT2D eigenvalue weighted by Gasteiger charge is -1.90. The van der Waals surface area contributed by atoms with Crippen LogP contribution in [0.4, 0.5) is 0 Å². The Labute approximate surface area is 109 Å². The Balaban J connectivity index is -0.0000000477. The molecule has 0 heterocycles. The molecule has 0 fully saturated rings. The van der Waals surface area contributed by atoms with Crippen LogP contribution in [0.1, 0.15) is 20.8 Å². The summed E-state index contributed by atoms with van der Waals surface area (Å²) in [6.07, 6.45) is 1.22. The first-order chi connectivity index (χ1) is 7.80. The van der Waals surface area contributed by atoms with E-state index in [2.05, 4.69) is 10.8 Å². The molecule has 0 rings (SSSR count). The van der Waals surface area contributed by atoms with Crippen molar-refractivity contribution >= 4 is 10.4 Å². The minimum Gasteiger partial charge on any atom is -0.397 e. The lowest BCUT2D eigenvalue weighted by molar-refractivity contribution is 0.296. The van der Waals surface area contributed by atoms with Crippen molar-refractivity contribution in [3.63, 3.8) is 0 Å². The van der Waals surface area contributed by atoms with Crippen LogP contribution in [0, 0.1) is 0 Å². The summed E-state index contributed by atoms with van der Waals surface area (Å²) in [6, 6.07) is 0. The van der Waals surface area contributed by atoms with E-state index in [1.54, 1.807) is 20.8 Å². The van der Waals surface area contributed by atoms with Crippen LogP contribution in [0.25, 0.3) is 0 Å². The zero-order chi connectivity index (χ0) is 14.7. The topological polar surface area (TPSA) is 159 Å². The summed E-state index contributed by atoms with van der Waals surface area (Å²) in [4.78, 5) is 0. The van der Waals surface area contributed by atoms with Gasteiger partial charge in [0, 0.05) is 19.8 Å². The van der Waals surface area contributed by atoms with Crippen LogP contribution in [0.5, 0.6) is 0 Å². The van der Waals surface area contributed by atoms with Crippen LogP contribution in [0.3, 0.4) is 0 Å². The van der Waals surface area contributed by atoms with Gasteiger partial charge in [0.05, 0.1) is 6.61 Å². The first-order valence-corrected chi connectivity index (χ1v) is 6.22. The molecule has 0 saturated heterocycles. The number of aliphatic hydroxyl groups is 3. The van der Waals surface area contributed by atoms with Gasteiger partial charge in [-0.2, -0.15) is 8.42 Å². The molecule has 0 saturated carbocycles. The highest BCUT2D eigenvalue weighted by atomic mass is 32.3. The van der Waals surface area contributed by atoms with Gasteiger partial charge in [-0.05, 0) is 20.8 Å². The minimum atomic E-state index is -4.26. The van der Waals surface area contributed by atoms with Gasteiger partial charge in [-0.15, -0.1) is 6.58 Å². The summed E-state index contributed by atoms with van der Waals surface area (Å²) < 4.78 is 31.0. The van der Waals surface area contributed by atoms with E-state index >= 15 is 0 Å². The SMILES string of the molecule is C=CCOS(=O)(=O)O.CCO.CCO.CCO.N. The molecule has 0 radical (unpaired) electrons. The lowest BCUT2D eigenvalue weighted by Crippen LogP contribution is -2.02. The monoisotopic (exact) mass is 293 g/mol. The zero-order valence-corrected chi connectivity index (χ0v) is 12.1. The van der Waals surface area contributed by atoms with Crippen molar-refractivity contribution < 1.29 is 32.5 Å². The van der Waals surface area contributed by atoms with E-state index in [-0.39, 0.29) is 32.6 Å². The smallest absolute Gasteiger partial charge is 0.397 e. The van der Waals surface area contributed by atoms with E-state index in [0.29, 0.717) is 0 Å². The molecule has 0 atom stereocenters. The van der Waals surface area contributed by atoms with Crippen LogP contribution in [0.15, 0.2) is 12.7 Å². The first-order valence-electron chi connectivity index (χ1n) is 4.86. The molecule has 0 amide bonds. The van der Waals surface area contributed by atoms with Gasteiger partial charge in [0.2, 0.25) is 0 Å². The van der Waals surface area contributed by atoms with Crippen LogP contribution < -0.4 is 6.15 Å². The summed E-state index contributed by atoms with van der Waals surface area (Å²) >= 11 is 0. The van der Waals surface area contributed by atoms with Gasteiger partial charge in [0.1, 0.15) is 0 Å². The fourth-order valence-electron chi connectivity index (χ4n) is 0.134. The molecule has 18 heavy (non-hydrogen) atoms. The van der Waals surface area contributed by atoms with Gasteiger partial charge in [-0.25, -0.2) is 4.18 Å². The predicted octanol–water partition coefficient (Wildman–Crippen LogP) is 0.150. The molecule has 8 nitrogen and oxygen atoms in total. The minimum absolute atomic E-state index is 0. The lowest BCUT2D eigenvalue weighted by atomic mass is 10.7. The molecular formula is C9H27NO7S. The zero-order valence-electron chi connectivity index (χ0n) is 11.2. The van der Waals surface area contributed by atoms with Crippen molar-refractivity contribution in [2.24, 2.45) is 0 Å². The van der Waals surface area contributed by atoms with E-state index in [1.807, 2.05) is 0 Å². The van der Waals surface area contributed by atoms with Crippen molar-refractivity contribution in [2.45, 2.75) is 20.8 Å². The predicted molar refractivity (Wildman–Crippen MR) is 71.0 cm³/mol. The standard InChI is InChI=1S/C3H6O4S.3C2H6O.H3N/c1-2-3-7-8(4,5)6;3*1-2-3;/h2H,1,3H2,(H,4,5,6);3*3H,2H2,1H3;1H3. The fourth-order valence-corrected chi connectivity index (χ4v) is 0.402. The summed E-state index contributed by atoms with van der Waals surface area (Å²) in [5.74, 6) is 0. The number of rotatable bonds is 3. The first kappa shape index (κ1) is 30.5. The molecule has 0 spiro atoms. The molecule has 0 aliphatic heterocycles. The highest BCUT2D eigenvalue weighted by Crippen LogP contribution is 1.83. The highest BCUT2D eigenvalue weighted by Gasteiger charge is 1.99. The van der Waals surface area contributed by atoms with Crippen LogP contribution >= 0.6 is 0 Å². The van der Waals surface area contributed by atoms with Gasteiger partial charge < -0.3 is 21.5 Å². The second kappa shape index (κ2) is 30.0. The van der Waals surface area contributed by atoms with Crippen molar-refractivity contribution in [1.82, 2.24) is 6.15 Å². The van der Waals surface area contributed by atoms with Gasteiger partial charge in [-0.3, -0.25) is 4.55 Å². The Bertz CT molecular complexity index is 202. The number of aliphatic hydroxyl groups excluding tert-OH is 3. The summed E-state index contributed by atoms with van der Waals surface area (Å²) in [5.41, 5.74) is 0. The third-order valence-corrected chi connectivity index (χ3v) is 0.769. The van der Waals surface area contributed by atoms with Gasteiger partial charge in [0.25, 0.3) is 0 Å². The average molecular weight is 293 g/mol. The third kappa shape index (κ3) is 163. The van der Waals surface area contributed by atoms with Crippen LogP contribution in [-0.2, 0) is 14.6 Å². The Morgan fingerprint density at radius 3 is 1.33 bits per heavy atom. The van der Waals surface area contributed by atoms with Crippen LogP contribution in [-0.4, -0.2) is 54.7 Å². The van der Waals surface area contributed by atoms with Gasteiger partial charge in [0.15, 0.2) is 0 Å². The number of hydrogen-bond acceptors (Lipinski definition) is 7. The Morgan fingerprint density at radius 2 is 1.28 bits per heavy atom. The molecule has 0 bridgehead atoms. The molecule has 0 aliphatic rings. The van der Waals surface area contributed by atoms with Gasteiger partial charge >= 0.3 is 10.4 Å². The van der Waals surface area contributed by atoms with Crippen molar-refractivity contribution in [3.8, 4) is 0 Å². The van der Waals surface area contributed by atoms with Crippen molar-refractivity contribution in [2.75, 3.05) is 26.4 Å². The maximum atomic E-state index is 9.68. The van der Waals surface area contributed by atoms with E-state index in [1.165, 1.54) is 6.08 Å². The summed E-state index contributed by atoms with van der Waals surface area (Å²) in [7, 11) is -4.26. The molecule has 0 aromatic rings. The van der Waals surface area contributed by atoms with E-state index in [4.69, 9.17) is 19.9 Å². The second-order valence-corrected chi connectivity index (χ2v) is 3.04. The number of hydrogen-bond donors (Lipinski definition) is 5. The summed E-state index contributed by atoms with van der Waals surface area (Å²) in [5, 5.41) is 22.7. The van der Waals surface area contributed by atoms with Crippen LogP contribution in [0.2, 0.25) is 0 Å². The van der Waals surface area contributed by atoms with E-state index < -0.39 is 10.4 Å². The maximum absolute atomic E-state index is 9.68. The maximum Gasteiger partial charge on any atom is 0.397 e. The summed E-state index contributed by atoms with van der Waals surface area (Å²) in [6.45, 7) is 8.76. The van der Waals surface area contributed by atoms with E-state index in [9.17, 15) is 8.42 Å². The molecule has 7 N–H and O–H groups in total. The molecular weight excluding hydrogens is 266 g/mol. The van der Waals surface area contributed by atoms with Crippen molar-refractivity contribution in [3.05, 3.63) is 12.7 Å². The third-order valence-electron chi connectivity index (χ3n) is 0.335. The molecule has 9 heteroatoms. The largest absolute Gasteiger partial charge is 0.397 e. The Kier molecular flexibility index (Phi) is 50.7. The Morgan fingerprint density at radius 1 is 1.06 bits per heavy atom. The van der Waals surface area contributed by atoms with Crippen molar-refractivity contribution in [1.29, 1.82) is 0 Å². The second-order valence-electron chi connectivity index (χ2n) is 1.95. The fraction of sp³-hybridized carbons (Fsp3) is 0.778. The molecule has 0 aliphatic carbocycles. The average Bonchev–Trinajstić information content (AvgIpc) is 2.17. The Hall–Kier alpha value is -0.550. The molecule has 116 valence electrons. The molecule has 0 aromatic carbocycles. The highest BCUT2D eigenvalue weighted by molar-refractivity contribution is 7.80. The quantitative estimate of drug-likeness (QED) is 0.363. The van der Waals surface area contributed by atoms with Gasteiger partial charge in [-0.1, -0.05) is 6.08 Å².